The summed E-state index contributed by atoms with van der Waals surface area (Å²) in [4.78, 5) is 18.0. The smallest absolute Gasteiger partial charge is 0.226 e. The minimum absolute atomic E-state index is 0.0675. The van der Waals surface area contributed by atoms with Crippen molar-refractivity contribution in [3.8, 4) is 0 Å². The lowest BCUT2D eigenvalue weighted by Gasteiger charge is -2.26. The Kier molecular flexibility index (Phi) is 2.98. The van der Waals surface area contributed by atoms with Crippen molar-refractivity contribution in [1.82, 2.24) is 9.88 Å². The van der Waals surface area contributed by atoms with Crippen LogP contribution in [0.3, 0.4) is 0 Å². The lowest BCUT2D eigenvalue weighted by Crippen LogP contribution is -2.36. The summed E-state index contributed by atoms with van der Waals surface area (Å²) in [7, 11) is 0. The van der Waals surface area contributed by atoms with Crippen LogP contribution in [0.2, 0.25) is 0 Å². The van der Waals surface area contributed by atoms with E-state index < -0.39 is 0 Å². The average Bonchev–Trinajstić information content (AvgIpc) is 3.13. The Morgan fingerprint density at radius 2 is 2.10 bits per heavy atom. The number of hydrogen-bond acceptors (Lipinski definition) is 1. The highest BCUT2D eigenvalue weighted by molar-refractivity contribution is 5.87. The number of likely N-dealkylation sites (tertiary alicyclic amines) is 1. The number of aryl methyl sites for hydroxylation is 1. The molecule has 110 valence electrons. The molecule has 4 heteroatoms. The Morgan fingerprint density at radius 3 is 2.90 bits per heavy atom. The van der Waals surface area contributed by atoms with Crippen molar-refractivity contribution in [3.05, 3.63) is 35.3 Å². The van der Waals surface area contributed by atoms with E-state index in [1.54, 1.807) is 12.1 Å². The first kappa shape index (κ1) is 12.9. The second-order valence-corrected chi connectivity index (χ2v) is 6.24. The summed E-state index contributed by atoms with van der Waals surface area (Å²) in [6, 6.07) is 4.87. The minimum atomic E-state index is -0.211. The van der Waals surface area contributed by atoms with Gasteiger partial charge in [0.2, 0.25) is 5.91 Å². The third-order valence-corrected chi connectivity index (χ3v) is 4.92. The molecule has 1 aliphatic heterocycles. The Morgan fingerprint density at radius 1 is 1.29 bits per heavy atom. The summed E-state index contributed by atoms with van der Waals surface area (Å²) in [5.41, 5.74) is 3.31. The van der Waals surface area contributed by atoms with Crippen molar-refractivity contribution in [1.29, 1.82) is 0 Å². The van der Waals surface area contributed by atoms with Gasteiger partial charge in [0.15, 0.2) is 0 Å². The molecule has 0 spiro atoms. The highest BCUT2D eigenvalue weighted by atomic mass is 19.1. The zero-order chi connectivity index (χ0) is 14.4. The molecule has 1 amide bonds. The molecule has 1 saturated heterocycles. The van der Waals surface area contributed by atoms with Gasteiger partial charge in [-0.25, -0.2) is 4.39 Å². The van der Waals surface area contributed by atoms with Crippen LogP contribution in [0.15, 0.2) is 18.2 Å². The molecule has 21 heavy (non-hydrogen) atoms. The lowest BCUT2D eigenvalue weighted by atomic mass is 9.85. The minimum Gasteiger partial charge on any atom is -0.358 e. The fraction of sp³-hybridized carbons (Fsp3) is 0.471. The molecule has 0 radical (unpaired) electrons. The monoisotopic (exact) mass is 286 g/mol. The fourth-order valence-corrected chi connectivity index (χ4v) is 3.80. The first-order chi connectivity index (χ1) is 10.2. The molecule has 4 rings (SSSR count). The molecule has 1 atom stereocenters. The van der Waals surface area contributed by atoms with Gasteiger partial charge in [-0.05, 0) is 55.9 Å². The molecule has 2 aromatic rings. The second-order valence-electron chi connectivity index (χ2n) is 6.24. The van der Waals surface area contributed by atoms with Crippen molar-refractivity contribution in [2.24, 2.45) is 5.92 Å². The quantitative estimate of drug-likeness (QED) is 0.859. The summed E-state index contributed by atoms with van der Waals surface area (Å²) >= 11 is 0. The third-order valence-electron chi connectivity index (χ3n) is 4.92. The molecule has 1 fully saturated rings. The van der Waals surface area contributed by atoms with Crippen LogP contribution in [0.25, 0.3) is 10.9 Å². The number of fused-ring (bicyclic) bond motifs is 3. The lowest BCUT2D eigenvalue weighted by molar-refractivity contribution is -0.134. The Balaban J connectivity index is 1.65. The molecule has 1 aromatic carbocycles. The summed E-state index contributed by atoms with van der Waals surface area (Å²) < 4.78 is 13.5. The summed E-state index contributed by atoms with van der Waals surface area (Å²) in [5.74, 6) is 0.152. The predicted molar refractivity (Wildman–Crippen MR) is 79.6 cm³/mol. The van der Waals surface area contributed by atoms with Gasteiger partial charge < -0.3 is 9.88 Å². The Labute approximate surface area is 123 Å². The SMILES string of the molecule is O=C(C1CCc2[nH]c3ccc(F)cc3c2C1)N1CCCC1. The van der Waals surface area contributed by atoms with Crippen molar-refractivity contribution in [2.75, 3.05) is 13.1 Å². The van der Waals surface area contributed by atoms with E-state index in [0.717, 1.165) is 61.7 Å². The molecule has 0 saturated carbocycles. The molecular formula is C17H19FN2O. The highest BCUT2D eigenvalue weighted by Gasteiger charge is 2.31. The first-order valence-electron chi connectivity index (χ1n) is 7.80. The number of halogens is 1. The summed E-state index contributed by atoms with van der Waals surface area (Å²) in [5, 5.41) is 0.948. The van der Waals surface area contributed by atoms with Crippen LogP contribution in [0.4, 0.5) is 4.39 Å². The van der Waals surface area contributed by atoms with E-state index in [9.17, 15) is 9.18 Å². The van der Waals surface area contributed by atoms with Crippen LogP contribution in [0.5, 0.6) is 0 Å². The van der Waals surface area contributed by atoms with Gasteiger partial charge in [-0.1, -0.05) is 0 Å². The number of rotatable bonds is 1. The number of H-pyrrole nitrogens is 1. The highest BCUT2D eigenvalue weighted by Crippen LogP contribution is 2.33. The number of nitrogens with one attached hydrogen (secondary N) is 1. The van der Waals surface area contributed by atoms with Gasteiger partial charge in [0, 0.05) is 35.6 Å². The zero-order valence-electron chi connectivity index (χ0n) is 12.0. The number of amides is 1. The molecular weight excluding hydrogens is 267 g/mol. The topological polar surface area (TPSA) is 36.1 Å². The van der Waals surface area contributed by atoms with Crippen LogP contribution >= 0.6 is 0 Å². The molecule has 1 N–H and O–H groups in total. The van der Waals surface area contributed by atoms with E-state index >= 15 is 0 Å². The standard InChI is InChI=1S/C17H19FN2O/c18-12-4-6-16-14(10-12)13-9-11(3-5-15(13)19-16)17(21)20-7-1-2-8-20/h4,6,10-11,19H,1-3,5,7-9H2. The Hall–Kier alpha value is -1.84. The fourth-order valence-electron chi connectivity index (χ4n) is 3.80. The van der Waals surface area contributed by atoms with Gasteiger partial charge >= 0.3 is 0 Å². The molecule has 0 bridgehead atoms. The van der Waals surface area contributed by atoms with Crippen molar-refractivity contribution in [3.63, 3.8) is 0 Å². The van der Waals surface area contributed by atoms with E-state index in [1.807, 2.05) is 4.90 Å². The van der Waals surface area contributed by atoms with Gasteiger partial charge in [-0.2, -0.15) is 0 Å². The zero-order valence-corrected chi connectivity index (χ0v) is 12.0. The van der Waals surface area contributed by atoms with Crippen LogP contribution in [0.1, 0.15) is 30.5 Å². The first-order valence-corrected chi connectivity index (χ1v) is 7.80. The van der Waals surface area contributed by atoms with Gasteiger partial charge in [0.25, 0.3) is 0 Å². The molecule has 3 nitrogen and oxygen atoms in total. The number of carbonyl (C=O) groups excluding carboxylic acids is 1. The maximum atomic E-state index is 13.5. The summed E-state index contributed by atoms with van der Waals surface area (Å²) in [6.07, 6.45) is 4.78. The van der Waals surface area contributed by atoms with Gasteiger partial charge in [-0.3, -0.25) is 4.79 Å². The van der Waals surface area contributed by atoms with Crippen LogP contribution in [-0.4, -0.2) is 28.9 Å². The number of hydrogen-bond donors (Lipinski definition) is 1. The molecule has 1 aromatic heterocycles. The van der Waals surface area contributed by atoms with Crippen LogP contribution < -0.4 is 0 Å². The number of aromatic amines is 1. The van der Waals surface area contributed by atoms with E-state index in [2.05, 4.69) is 4.98 Å². The van der Waals surface area contributed by atoms with Gasteiger partial charge in [0.05, 0.1) is 0 Å². The van der Waals surface area contributed by atoms with Crippen LogP contribution in [-0.2, 0) is 17.6 Å². The number of carbonyl (C=O) groups is 1. The van der Waals surface area contributed by atoms with Gasteiger partial charge in [0.1, 0.15) is 5.82 Å². The number of benzene rings is 1. The third kappa shape index (κ3) is 2.13. The van der Waals surface area contributed by atoms with E-state index in [1.165, 1.54) is 11.8 Å². The number of aromatic nitrogens is 1. The van der Waals surface area contributed by atoms with Crippen molar-refractivity contribution >= 4 is 16.8 Å². The van der Waals surface area contributed by atoms with E-state index in [-0.39, 0.29) is 11.7 Å². The van der Waals surface area contributed by atoms with E-state index in [0.29, 0.717) is 5.91 Å². The largest absolute Gasteiger partial charge is 0.358 e. The molecule has 2 heterocycles. The number of nitrogens with zero attached hydrogens (tertiary/aromatic N) is 1. The maximum absolute atomic E-state index is 13.5. The van der Waals surface area contributed by atoms with Gasteiger partial charge in [-0.15, -0.1) is 0 Å². The van der Waals surface area contributed by atoms with Crippen molar-refractivity contribution in [2.45, 2.75) is 32.1 Å². The second kappa shape index (κ2) is 4.86. The van der Waals surface area contributed by atoms with E-state index in [4.69, 9.17) is 0 Å². The average molecular weight is 286 g/mol. The van der Waals surface area contributed by atoms with Crippen molar-refractivity contribution < 1.29 is 9.18 Å². The van der Waals surface area contributed by atoms with Crippen LogP contribution in [0, 0.1) is 11.7 Å². The molecule has 1 aliphatic carbocycles. The maximum Gasteiger partial charge on any atom is 0.226 e. The Bertz CT molecular complexity index is 700. The molecule has 2 aliphatic rings. The normalized spacial score (nSPS) is 21.8. The predicted octanol–water partition coefficient (Wildman–Crippen LogP) is 3.03. The molecule has 1 unspecified atom stereocenters. The summed E-state index contributed by atoms with van der Waals surface area (Å²) in [6.45, 7) is 1.81.